The summed E-state index contributed by atoms with van der Waals surface area (Å²) >= 11 is 6.10. The third-order valence-corrected chi connectivity index (χ3v) is 5.32. The molecule has 0 amide bonds. The van der Waals surface area contributed by atoms with Gasteiger partial charge >= 0.3 is 0 Å². The predicted octanol–water partition coefficient (Wildman–Crippen LogP) is 2.98. The summed E-state index contributed by atoms with van der Waals surface area (Å²) in [5.74, 6) is 0.820. The standard InChI is InChI=1S/C17H26ClN3/c1-13-5-6-16(19)17(11-13)21-9-7-20(8-10-21)15-4-2-3-14(18)12-15/h2-4,12-13,16-17H,5-11,19H2,1H3. The molecule has 1 aromatic carbocycles. The van der Waals surface area contributed by atoms with Crippen molar-refractivity contribution in [2.45, 2.75) is 38.3 Å². The van der Waals surface area contributed by atoms with Crippen molar-refractivity contribution < 1.29 is 0 Å². The molecule has 1 saturated carbocycles. The molecule has 2 fully saturated rings. The first-order valence-electron chi connectivity index (χ1n) is 8.13. The van der Waals surface area contributed by atoms with Crippen LogP contribution >= 0.6 is 11.6 Å². The second-order valence-electron chi connectivity index (χ2n) is 6.65. The Labute approximate surface area is 133 Å². The molecule has 2 aliphatic rings. The van der Waals surface area contributed by atoms with E-state index in [0.717, 1.165) is 37.1 Å². The summed E-state index contributed by atoms with van der Waals surface area (Å²) in [6.45, 7) is 6.71. The third-order valence-electron chi connectivity index (χ3n) is 5.09. The smallest absolute Gasteiger partial charge is 0.0426 e. The molecule has 3 rings (SSSR count). The SMILES string of the molecule is CC1CCC(N)C(N2CCN(c3cccc(Cl)c3)CC2)C1. The molecule has 1 heterocycles. The molecule has 116 valence electrons. The molecule has 21 heavy (non-hydrogen) atoms. The molecule has 1 saturated heterocycles. The second kappa shape index (κ2) is 6.55. The van der Waals surface area contributed by atoms with Crippen LogP contribution in [-0.4, -0.2) is 43.2 Å². The normalized spacial score (nSPS) is 31.4. The van der Waals surface area contributed by atoms with Crippen molar-refractivity contribution in [2.24, 2.45) is 11.7 Å². The van der Waals surface area contributed by atoms with Crippen molar-refractivity contribution in [3.63, 3.8) is 0 Å². The lowest BCUT2D eigenvalue weighted by Crippen LogP contribution is -2.57. The first kappa shape index (κ1) is 15.1. The molecule has 3 atom stereocenters. The van der Waals surface area contributed by atoms with Crippen molar-refractivity contribution in [2.75, 3.05) is 31.1 Å². The second-order valence-corrected chi connectivity index (χ2v) is 7.09. The summed E-state index contributed by atoms with van der Waals surface area (Å²) in [5.41, 5.74) is 7.60. The molecular weight excluding hydrogens is 282 g/mol. The molecule has 3 nitrogen and oxygen atoms in total. The molecular formula is C17H26ClN3. The highest BCUT2D eigenvalue weighted by Crippen LogP contribution is 2.28. The number of hydrogen-bond donors (Lipinski definition) is 1. The Kier molecular flexibility index (Phi) is 4.72. The molecule has 0 bridgehead atoms. The predicted molar refractivity (Wildman–Crippen MR) is 90.0 cm³/mol. The van der Waals surface area contributed by atoms with Crippen LogP contribution in [0.2, 0.25) is 5.02 Å². The molecule has 2 N–H and O–H groups in total. The van der Waals surface area contributed by atoms with Gasteiger partial charge in [0.1, 0.15) is 0 Å². The molecule has 1 aliphatic carbocycles. The van der Waals surface area contributed by atoms with Crippen LogP contribution in [0, 0.1) is 5.92 Å². The maximum absolute atomic E-state index is 6.36. The minimum absolute atomic E-state index is 0.360. The average molecular weight is 308 g/mol. The van der Waals surface area contributed by atoms with Crippen LogP contribution in [0.25, 0.3) is 0 Å². The highest BCUT2D eigenvalue weighted by Gasteiger charge is 2.32. The van der Waals surface area contributed by atoms with Gasteiger partial charge in [-0.25, -0.2) is 0 Å². The Morgan fingerprint density at radius 3 is 2.62 bits per heavy atom. The van der Waals surface area contributed by atoms with E-state index in [1.54, 1.807) is 0 Å². The van der Waals surface area contributed by atoms with Crippen LogP contribution in [0.15, 0.2) is 24.3 Å². The van der Waals surface area contributed by atoms with Crippen LogP contribution in [0.1, 0.15) is 26.2 Å². The summed E-state index contributed by atoms with van der Waals surface area (Å²) in [4.78, 5) is 5.04. The fourth-order valence-electron chi connectivity index (χ4n) is 3.78. The highest BCUT2D eigenvalue weighted by molar-refractivity contribution is 6.30. The maximum atomic E-state index is 6.36. The van der Waals surface area contributed by atoms with Crippen molar-refractivity contribution in [3.8, 4) is 0 Å². The van der Waals surface area contributed by atoms with E-state index in [-0.39, 0.29) is 0 Å². The van der Waals surface area contributed by atoms with E-state index in [0.29, 0.717) is 12.1 Å². The first-order chi connectivity index (χ1) is 10.1. The van der Waals surface area contributed by atoms with E-state index < -0.39 is 0 Å². The van der Waals surface area contributed by atoms with Gasteiger partial charge in [0.15, 0.2) is 0 Å². The minimum Gasteiger partial charge on any atom is -0.369 e. The Morgan fingerprint density at radius 2 is 1.90 bits per heavy atom. The van der Waals surface area contributed by atoms with Crippen LogP contribution in [0.3, 0.4) is 0 Å². The molecule has 4 heteroatoms. The van der Waals surface area contributed by atoms with Gasteiger partial charge in [0.05, 0.1) is 0 Å². The lowest BCUT2D eigenvalue weighted by Gasteiger charge is -2.45. The summed E-state index contributed by atoms with van der Waals surface area (Å²) in [6, 6.07) is 9.11. The van der Waals surface area contributed by atoms with E-state index in [1.165, 1.54) is 24.9 Å². The number of anilines is 1. The van der Waals surface area contributed by atoms with Gasteiger partial charge in [-0.05, 0) is 43.4 Å². The van der Waals surface area contributed by atoms with Crippen molar-refractivity contribution >= 4 is 17.3 Å². The molecule has 1 aromatic rings. The zero-order valence-electron chi connectivity index (χ0n) is 12.8. The zero-order valence-corrected chi connectivity index (χ0v) is 13.6. The molecule has 0 spiro atoms. The maximum Gasteiger partial charge on any atom is 0.0426 e. The Bertz CT molecular complexity index is 471. The Hall–Kier alpha value is -0.770. The van der Waals surface area contributed by atoms with Crippen LogP contribution in [0.5, 0.6) is 0 Å². The zero-order chi connectivity index (χ0) is 14.8. The van der Waals surface area contributed by atoms with Gasteiger partial charge in [-0.1, -0.05) is 24.6 Å². The van der Waals surface area contributed by atoms with Gasteiger partial charge < -0.3 is 10.6 Å². The number of nitrogens with zero attached hydrogens (tertiary/aromatic N) is 2. The summed E-state index contributed by atoms with van der Waals surface area (Å²) in [7, 11) is 0. The lowest BCUT2D eigenvalue weighted by molar-refractivity contribution is 0.110. The van der Waals surface area contributed by atoms with Crippen molar-refractivity contribution in [3.05, 3.63) is 29.3 Å². The molecule has 1 aliphatic heterocycles. The topological polar surface area (TPSA) is 32.5 Å². The van der Waals surface area contributed by atoms with Gasteiger partial charge in [-0.3, -0.25) is 4.90 Å². The van der Waals surface area contributed by atoms with Gasteiger partial charge in [0.2, 0.25) is 0 Å². The minimum atomic E-state index is 0.360. The fourth-order valence-corrected chi connectivity index (χ4v) is 3.96. The van der Waals surface area contributed by atoms with Crippen molar-refractivity contribution in [1.82, 2.24) is 4.90 Å². The number of nitrogens with two attached hydrogens (primary N) is 1. The summed E-state index contributed by atoms with van der Waals surface area (Å²) in [6.07, 6.45) is 3.73. The van der Waals surface area contributed by atoms with Crippen LogP contribution < -0.4 is 10.6 Å². The van der Waals surface area contributed by atoms with Crippen LogP contribution in [0.4, 0.5) is 5.69 Å². The monoisotopic (exact) mass is 307 g/mol. The van der Waals surface area contributed by atoms with E-state index >= 15 is 0 Å². The van der Waals surface area contributed by atoms with Crippen LogP contribution in [-0.2, 0) is 0 Å². The number of hydrogen-bond acceptors (Lipinski definition) is 3. The van der Waals surface area contributed by atoms with E-state index in [2.05, 4.69) is 28.9 Å². The largest absolute Gasteiger partial charge is 0.369 e. The quantitative estimate of drug-likeness (QED) is 0.912. The molecule has 0 aromatic heterocycles. The van der Waals surface area contributed by atoms with Gasteiger partial charge in [0.25, 0.3) is 0 Å². The van der Waals surface area contributed by atoms with Gasteiger partial charge in [0, 0.05) is 49.0 Å². The number of rotatable bonds is 2. The summed E-state index contributed by atoms with van der Waals surface area (Å²) in [5, 5.41) is 0.818. The fraction of sp³-hybridized carbons (Fsp3) is 0.647. The summed E-state index contributed by atoms with van der Waals surface area (Å²) < 4.78 is 0. The Morgan fingerprint density at radius 1 is 1.14 bits per heavy atom. The first-order valence-corrected chi connectivity index (χ1v) is 8.51. The van der Waals surface area contributed by atoms with Gasteiger partial charge in [-0.15, -0.1) is 0 Å². The van der Waals surface area contributed by atoms with E-state index in [9.17, 15) is 0 Å². The van der Waals surface area contributed by atoms with Gasteiger partial charge in [-0.2, -0.15) is 0 Å². The van der Waals surface area contributed by atoms with Crippen molar-refractivity contribution in [1.29, 1.82) is 0 Å². The third kappa shape index (κ3) is 3.53. The number of piperazine rings is 1. The molecule has 3 unspecified atom stereocenters. The number of halogens is 1. The highest BCUT2D eigenvalue weighted by atomic mass is 35.5. The molecule has 0 radical (unpaired) electrons. The number of benzene rings is 1. The van der Waals surface area contributed by atoms with E-state index in [4.69, 9.17) is 17.3 Å². The Balaban J connectivity index is 1.60. The van der Waals surface area contributed by atoms with E-state index in [1.807, 2.05) is 12.1 Å². The lowest BCUT2D eigenvalue weighted by atomic mass is 9.82. The average Bonchev–Trinajstić information content (AvgIpc) is 2.50.